The molecule has 2 heterocycles. The molecule has 9 heteroatoms. The van der Waals surface area contributed by atoms with Crippen molar-refractivity contribution in [3.8, 4) is 17.2 Å². The molecular formula is C32H31N3O5S. The van der Waals surface area contributed by atoms with Crippen LogP contribution in [0.4, 0.5) is 5.69 Å². The van der Waals surface area contributed by atoms with Crippen molar-refractivity contribution < 1.29 is 19.0 Å². The van der Waals surface area contributed by atoms with Crippen molar-refractivity contribution in [1.29, 1.82) is 0 Å². The molecule has 1 aromatic heterocycles. The summed E-state index contributed by atoms with van der Waals surface area (Å²) in [6.45, 7) is 6.62. The molecule has 0 aliphatic carbocycles. The predicted octanol–water partition coefficient (Wildman–Crippen LogP) is 4.68. The number of allylic oxidation sites excluding steroid dienone is 1. The summed E-state index contributed by atoms with van der Waals surface area (Å²) in [5.74, 6) is 1.56. The number of nitrogens with one attached hydrogen (secondary N) is 1. The number of anilines is 1. The zero-order valence-corrected chi connectivity index (χ0v) is 24.2. The lowest BCUT2D eigenvalue weighted by molar-refractivity contribution is -0.113. The summed E-state index contributed by atoms with van der Waals surface area (Å²) >= 11 is 1.28. The zero-order valence-electron chi connectivity index (χ0n) is 23.3. The van der Waals surface area contributed by atoms with Crippen LogP contribution in [0.3, 0.4) is 0 Å². The van der Waals surface area contributed by atoms with Gasteiger partial charge in [0.2, 0.25) is 0 Å². The third-order valence-electron chi connectivity index (χ3n) is 6.57. The van der Waals surface area contributed by atoms with Gasteiger partial charge in [-0.25, -0.2) is 4.99 Å². The Hall–Kier alpha value is -4.63. The number of ether oxygens (including phenoxy) is 3. The fourth-order valence-electron chi connectivity index (χ4n) is 4.77. The Kier molecular flexibility index (Phi) is 8.35. The Morgan fingerprint density at radius 1 is 1.00 bits per heavy atom. The van der Waals surface area contributed by atoms with E-state index in [-0.39, 0.29) is 11.5 Å². The van der Waals surface area contributed by atoms with E-state index in [1.807, 2.05) is 92.7 Å². The van der Waals surface area contributed by atoms with Crippen LogP contribution in [0.5, 0.6) is 17.2 Å². The summed E-state index contributed by atoms with van der Waals surface area (Å²) in [4.78, 5) is 33.0. The molecule has 0 bridgehead atoms. The number of methoxy groups -OCH3 is 1. The Balaban J connectivity index is 1.65. The molecule has 0 radical (unpaired) electrons. The van der Waals surface area contributed by atoms with Crippen LogP contribution in [0.15, 0.2) is 93.9 Å². The molecule has 41 heavy (non-hydrogen) atoms. The van der Waals surface area contributed by atoms with Gasteiger partial charge < -0.3 is 19.5 Å². The standard InChI is InChI=1S/C32H31N3O5S/c1-5-39-25-16-15-21(17-26(25)40-6-2)18-27-31(37)35-29(22-11-10-14-24(19-22)38-4)28(20(3)33-32(35)41-27)30(36)34-23-12-8-7-9-13-23/h7-19,29H,5-6H2,1-4H3,(H,34,36)/b27-18-/t29-/m1/s1. The lowest BCUT2D eigenvalue weighted by Crippen LogP contribution is -2.40. The summed E-state index contributed by atoms with van der Waals surface area (Å²) < 4.78 is 19.0. The van der Waals surface area contributed by atoms with Gasteiger partial charge >= 0.3 is 0 Å². The van der Waals surface area contributed by atoms with E-state index >= 15 is 0 Å². The van der Waals surface area contributed by atoms with E-state index in [1.165, 1.54) is 11.3 Å². The minimum Gasteiger partial charge on any atom is -0.497 e. The Labute approximate surface area is 241 Å². The molecule has 1 N–H and O–H groups in total. The Morgan fingerprint density at radius 2 is 1.76 bits per heavy atom. The number of carbonyl (C=O) groups excluding carboxylic acids is 1. The number of thiazole rings is 1. The molecule has 1 aliphatic heterocycles. The highest BCUT2D eigenvalue weighted by atomic mass is 32.1. The smallest absolute Gasteiger partial charge is 0.271 e. The van der Waals surface area contributed by atoms with E-state index < -0.39 is 6.04 Å². The van der Waals surface area contributed by atoms with E-state index in [2.05, 4.69) is 5.32 Å². The summed E-state index contributed by atoms with van der Waals surface area (Å²) in [5.41, 5.74) is 2.87. The monoisotopic (exact) mass is 569 g/mol. The Morgan fingerprint density at radius 3 is 2.49 bits per heavy atom. The van der Waals surface area contributed by atoms with Crippen molar-refractivity contribution in [2.24, 2.45) is 4.99 Å². The number of hydrogen-bond acceptors (Lipinski definition) is 7. The number of carbonyl (C=O) groups is 1. The Bertz CT molecular complexity index is 1790. The molecule has 4 aromatic rings. The van der Waals surface area contributed by atoms with Gasteiger partial charge in [0, 0.05) is 5.69 Å². The van der Waals surface area contributed by atoms with E-state index in [9.17, 15) is 9.59 Å². The van der Waals surface area contributed by atoms with Crippen molar-refractivity contribution >= 4 is 29.0 Å². The summed E-state index contributed by atoms with van der Waals surface area (Å²) in [5, 5.41) is 2.97. The fourth-order valence-corrected chi connectivity index (χ4v) is 5.81. The van der Waals surface area contributed by atoms with Crippen LogP contribution in [0, 0.1) is 0 Å². The van der Waals surface area contributed by atoms with Gasteiger partial charge in [-0.2, -0.15) is 0 Å². The van der Waals surface area contributed by atoms with E-state index in [4.69, 9.17) is 19.2 Å². The van der Waals surface area contributed by atoms with Gasteiger partial charge in [0.1, 0.15) is 5.75 Å². The quantitative estimate of drug-likeness (QED) is 0.316. The second-order valence-electron chi connectivity index (χ2n) is 9.25. The predicted molar refractivity (Wildman–Crippen MR) is 161 cm³/mol. The number of hydrogen-bond donors (Lipinski definition) is 1. The molecule has 0 fully saturated rings. The molecule has 1 amide bonds. The van der Waals surface area contributed by atoms with Gasteiger partial charge in [0.05, 0.1) is 42.2 Å². The van der Waals surface area contributed by atoms with Gasteiger partial charge in [0.15, 0.2) is 16.3 Å². The van der Waals surface area contributed by atoms with Crippen LogP contribution in [-0.2, 0) is 4.79 Å². The average Bonchev–Trinajstić information content (AvgIpc) is 3.28. The first-order valence-electron chi connectivity index (χ1n) is 13.4. The maximum absolute atomic E-state index is 14.0. The first-order valence-corrected chi connectivity index (χ1v) is 14.2. The van der Waals surface area contributed by atoms with Crippen molar-refractivity contribution in [3.63, 3.8) is 0 Å². The first kappa shape index (κ1) is 27.9. The highest BCUT2D eigenvalue weighted by molar-refractivity contribution is 7.07. The normalized spacial score (nSPS) is 14.7. The van der Waals surface area contributed by atoms with E-state index in [0.29, 0.717) is 56.8 Å². The van der Waals surface area contributed by atoms with Crippen LogP contribution < -0.4 is 34.4 Å². The van der Waals surface area contributed by atoms with Crippen LogP contribution in [0.2, 0.25) is 0 Å². The highest BCUT2D eigenvalue weighted by Crippen LogP contribution is 2.33. The van der Waals surface area contributed by atoms with Crippen LogP contribution in [0.1, 0.15) is 37.9 Å². The molecule has 0 saturated heterocycles. The fraction of sp³-hybridized carbons (Fsp3) is 0.219. The number of aromatic nitrogens is 1. The number of para-hydroxylation sites is 1. The third kappa shape index (κ3) is 5.81. The van der Waals surface area contributed by atoms with Crippen molar-refractivity contribution in [2.45, 2.75) is 26.8 Å². The molecule has 3 aromatic carbocycles. The summed E-state index contributed by atoms with van der Waals surface area (Å²) in [6.07, 6.45) is 1.81. The number of rotatable bonds is 9. The molecule has 5 rings (SSSR count). The number of amides is 1. The second-order valence-corrected chi connectivity index (χ2v) is 10.3. The van der Waals surface area contributed by atoms with Crippen LogP contribution in [-0.4, -0.2) is 30.8 Å². The molecule has 0 unspecified atom stereocenters. The minimum absolute atomic E-state index is 0.245. The molecule has 0 spiro atoms. The molecular weight excluding hydrogens is 538 g/mol. The highest BCUT2D eigenvalue weighted by Gasteiger charge is 2.32. The second kappa shape index (κ2) is 12.3. The molecule has 8 nitrogen and oxygen atoms in total. The summed E-state index contributed by atoms with van der Waals surface area (Å²) in [7, 11) is 1.59. The lowest BCUT2D eigenvalue weighted by atomic mass is 9.95. The average molecular weight is 570 g/mol. The first-order chi connectivity index (χ1) is 19.9. The van der Waals surface area contributed by atoms with Crippen LogP contribution >= 0.6 is 11.3 Å². The van der Waals surface area contributed by atoms with Crippen molar-refractivity contribution in [1.82, 2.24) is 4.57 Å². The van der Waals surface area contributed by atoms with Crippen molar-refractivity contribution in [3.05, 3.63) is 115 Å². The third-order valence-corrected chi connectivity index (χ3v) is 7.56. The zero-order chi connectivity index (χ0) is 28.9. The van der Waals surface area contributed by atoms with Gasteiger partial charge in [-0.1, -0.05) is 47.7 Å². The van der Waals surface area contributed by atoms with Gasteiger partial charge in [-0.3, -0.25) is 14.2 Å². The van der Waals surface area contributed by atoms with Crippen molar-refractivity contribution in [2.75, 3.05) is 25.6 Å². The maximum Gasteiger partial charge on any atom is 0.271 e. The topological polar surface area (TPSA) is 91.2 Å². The molecule has 0 saturated carbocycles. The largest absolute Gasteiger partial charge is 0.497 e. The number of fused-ring (bicyclic) bond motifs is 1. The minimum atomic E-state index is -0.702. The maximum atomic E-state index is 14.0. The van der Waals surface area contributed by atoms with Crippen LogP contribution in [0.25, 0.3) is 6.08 Å². The molecule has 1 aliphatic rings. The SMILES string of the molecule is CCOc1ccc(/C=c2\sc3n(c2=O)[C@H](c2cccc(OC)c2)C(C(=O)Nc2ccccc2)=C(C)N=3)cc1OCC. The molecule has 1 atom stereocenters. The summed E-state index contributed by atoms with van der Waals surface area (Å²) in [6, 6.07) is 21.5. The van der Waals surface area contributed by atoms with Gasteiger partial charge in [-0.05, 0) is 74.4 Å². The van der Waals surface area contributed by atoms with E-state index in [1.54, 1.807) is 18.6 Å². The van der Waals surface area contributed by atoms with E-state index in [0.717, 1.165) is 11.1 Å². The lowest BCUT2D eigenvalue weighted by Gasteiger charge is -2.25. The van der Waals surface area contributed by atoms with Gasteiger partial charge in [-0.15, -0.1) is 0 Å². The van der Waals surface area contributed by atoms with Gasteiger partial charge in [0.25, 0.3) is 11.5 Å². The number of benzene rings is 3. The number of nitrogens with zero attached hydrogens (tertiary/aromatic N) is 2. The molecule has 210 valence electrons.